The van der Waals surface area contributed by atoms with Gasteiger partial charge in [0.1, 0.15) is 0 Å². The van der Waals surface area contributed by atoms with Gasteiger partial charge in [0, 0.05) is 6.07 Å². The van der Waals surface area contributed by atoms with Crippen molar-refractivity contribution in [2.75, 3.05) is 6.79 Å². The Morgan fingerprint density at radius 3 is 2.90 bits per heavy atom. The lowest BCUT2D eigenvalue weighted by atomic mass is 10.2. The molecule has 0 saturated carbocycles. The topological polar surface area (TPSA) is 39.2 Å². The highest BCUT2D eigenvalue weighted by Crippen LogP contribution is 2.35. The third-order valence-electron chi connectivity index (χ3n) is 3.27. The van der Waals surface area contributed by atoms with E-state index in [4.69, 9.17) is 33.3 Å². The molecule has 0 fully saturated rings. The van der Waals surface area contributed by atoms with Crippen molar-refractivity contribution in [3.05, 3.63) is 46.2 Å². The molecule has 0 unspecified atom stereocenters. The van der Waals surface area contributed by atoms with E-state index in [9.17, 15) is 0 Å². The van der Waals surface area contributed by atoms with Gasteiger partial charge in [0.2, 0.25) is 6.79 Å². The molecule has 6 heteroatoms. The molecule has 20 heavy (non-hydrogen) atoms. The molecule has 1 aliphatic heterocycles. The van der Waals surface area contributed by atoms with Crippen molar-refractivity contribution in [2.24, 2.45) is 0 Å². The van der Waals surface area contributed by atoms with E-state index in [2.05, 4.69) is 4.98 Å². The second-order valence-electron chi connectivity index (χ2n) is 4.44. The van der Waals surface area contributed by atoms with E-state index >= 15 is 0 Å². The Balaban J connectivity index is 2.03. The molecule has 0 amide bonds. The van der Waals surface area contributed by atoms with Gasteiger partial charge in [-0.05, 0) is 36.5 Å². The van der Waals surface area contributed by atoms with Crippen molar-refractivity contribution in [1.82, 2.24) is 9.55 Å². The van der Waals surface area contributed by atoms with Crippen molar-refractivity contribution in [3.8, 4) is 17.2 Å². The monoisotopic (exact) mass is 304 g/mol. The van der Waals surface area contributed by atoms with Crippen LogP contribution in [-0.2, 0) is 0 Å². The maximum absolute atomic E-state index is 6.30. The lowest BCUT2D eigenvalue weighted by Gasteiger charge is -2.06. The molecule has 2 aromatic carbocycles. The molecule has 0 saturated heterocycles. The average molecular weight is 305 g/mol. The third kappa shape index (κ3) is 1.63. The minimum Gasteiger partial charge on any atom is -0.454 e. The number of aromatic nitrogens is 2. The smallest absolute Gasteiger partial charge is 0.231 e. The summed E-state index contributed by atoms with van der Waals surface area (Å²) in [6.07, 6.45) is 0. The van der Waals surface area contributed by atoms with Gasteiger partial charge >= 0.3 is 0 Å². The summed E-state index contributed by atoms with van der Waals surface area (Å²) in [5, 5.41) is 0.646. The first kappa shape index (κ1) is 11.8. The highest BCUT2D eigenvalue weighted by molar-refractivity contribution is 7.71. The minimum atomic E-state index is 0.249. The van der Waals surface area contributed by atoms with Crippen LogP contribution in [0.4, 0.5) is 0 Å². The van der Waals surface area contributed by atoms with Gasteiger partial charge in [-0.1, -0.05) is 17.7 Å². The van der Waals surface area contributed by atoms with Crippen LogP contribution in [-0.4, -0.2) is 16.3 Å². The summed E-state index contributed by atoms with van der Waals surface area (Å²) in [5.74, 6) is 1.46. The highest BCUT2D eigenvalue weighted by atomic mass is 35.5. The number of H-pyrrole nitrogens is 1. The van der Waals surface area contributed by atoms with Crippen LogP contribution in [0.1, 0.15) is 0 Å². The molecule has 2 heterocycles. The van der Waals surface area contributed by atoms with Crippen molar-refractivity contribution in [1.29, 1.82) is 0 Å². The maximum Gasteiger partial charge on any atom is 0.231 e. The fourth-order valence-electron chi connectivity index (χ4n) is 2.39. The van der Waals surface area contributed by atoms with Gasteiger partial charge < -0.3 is 14.5 Å². The molecular weight excluding hydrogens is 296 g/mol. The van der Waals surface area contributed by atoms with Gasteiger partial charge in [-0.25, -0.2) is 0 Å². The summed E-state index contributed by atoms with van der Waals surface area (Å²) in [5.41, 5.74) is 2.65. The van der Waals surface area contributed by atoms with Crippen molar-refractivity contribution < 1.29 is 9.47 Å². The van der Waals surface area contributed by atoms with Crippen LogP contribution in [0.25, 0.3) is 16.7 Å². The molecule has 1 N–H and O–H groups in total. The fourth-order valence-corrected chi connectivity index (χ4v) is 2.95. The number of nitrogens with zero attached hydrogens (tertiary/aromatic N) is 1. The van der Waals surface area contributed by atoms with Crippen LogP contribution in [0, 0.1) is 4.77 Å². The van der Waals surface area contributed by atoms with E-state index in [-0.39, 0.29) is 6.79 Å². The first-order chi connectivity index (χ1) is 9.74. The Bertz CT molecular complexity index is 885. The third-order valence-corrected chi connectivity index (χ3v) is 3.86. The zero-order valence-corrected chi connectivity index (χ0v) is 11.8. The lowest BCUT2D eigenvalue weighted by molar-refractivity contribution is 0.174. The number of ether oxygens (including phenoxy) is 2. The van der Waals surface area contributed by atoms with Gasteiger partial charge in [-0.3, -0.25) is 4.57 Å². The second-order valence-corrected chi connectivity index (χ2v) is 5.23. The number of para-hydroxylation sites is 1. The Morgan fingerprint density at radius 2 is 2.00 bits per heavy atom. The van der Waals surface area contributed by atoms with Crippen LogP contribution in [0.2, 0.25) is 5.02 Å². The van der Waals surface area contributed by atoms with Crippen LogP contribution in [0.15, 0.2) is 36.4 Å². The summed E-state index contributed by atoms with van der Waals surface area (Å²) in [6, 6.07) is 11.4. The van der Waals surface area contributed by atoms with Crippen LogP contribution < -0.4 is 9.47 Å². The van der Waals surface area contributed by atoms with Crippen molar-refractivity contribution in [3.63, 3.8) is 0 Å². The SMILES string of the molecule is S=c1[nH]c2cccc(Cl)c2n1-c1ccc2c(c1)OCO2. The number of hydrogen-bond acceptors (Lipinski definition) is 3. The van der Waals surface area contributed by atoms with Gasteiger partial charge in [0.05, 0.1) is 21.7 Å². The van der Waals surface area contributed by atoms with Crippen LogP contribution in [0.5, 0.6) is 11.5 Å². The van der Waals surface area contributed by atoms with Crippen LogP contribution in [0.3, 0.4) is 0 Å². The van der Waals surface area contributed by atoms with Crippen LogP contribution >= 0.6 is 23.8 Å². The number of benzene rings is 2. The predicted octanol–water partition coefficient (Wildman–Crippen LogP) is 4.07. The molecule has 0 aliphatic carbocycles. The number of imidazole rings is 1. The quantitative estimate of drug-likeness (QED) is 0.689. The highest BCUT2D eigenvalue weighted by Gasteiger charge is 2.16. The first-order valence-electron chi connectivity index (χ1n) is 6.03. The van der Waals surface area contributed by atoms with E-state index in [1.807, 2.05) is 41.0 Å². The summed E-state index contributed by atoms with van der Waals surface area (Å²) in [4.78, 5) is 3.16. The number of halogens is 1. The van der Waals surface area contributed by atoms with E-state index in [1.54, 1.807) is 0 Å². The molecule has 0 bridgehead atoms. The van der Waals surface area contributed by atoms with Gasteiger partial charge in [0.25, 0.3) is 0 Å². The molecule has 1 aromatic heterocycles. The number of rotatable bonds is 1. The molecule has 4 rings (SSSR count). The number of nitrogens with one attached hydrogen (secondary N) is 1. The minimum absolute atomic E-state index is 0.249. The lowest BCUT2D eigenvalue weighted by Crippen LogP contribution is -1.94. The maximum atomic E-state index is 6.30. The summed E-state index contributed by atoms with van der Waals surface area (Å²) < 4.78 is 13.2. The van der Waals surface area contributed by atoms with Crippen molar-refractivity contribution >= 4 is 34.9 Å². The Morgan fingerprint density at radius 1 is 1.15 bits per heavy atom. The van der Waals surface area contributed by atoms with E-state index in [1.165, 1.54) is 0 Å². The molecule has 0 spiro atoms. The summed E-state index contributed by atoms with van der Waals surface area (Å²) in [7, 11) is 0. The molecule has 0 atom stereocenters. The van der Waals surface area contributed by atoms with E-state index in [0.717, 1.165) is 22.5 Å². The van der Waals surface area contributed by atoms with Crippen molar-refractivity contribution in [2.45, 2.75) is 0 Å². The first-order valence-corrected chi connectivity index (χ1v) is 6.82. The van der Waals surface area contributed by atoms with Gasteiger partial charge in [0.15, 0.2) is 16.3 Å². The van der Waals surface area contributed by atoms with E-state index < -0.39 is 0 Å². The number of fused-ring (bicyclic) bond motifs is 2. The Hall–Kier alpha value is -1.98. The molecule has 0 radical (unpaired) electrons. The number of aromatic amines is 1. The summed E-state index contributed by atoms with van der Waals surface area (Å²) >= 11 is 11.7. The summed E-state index contributed by atoms with van der Waals surface area (Å²) in [6.45, 7) is 0.249. The average Bonchev–Trinajstić information content (AvgIpc) is 3.01. The molecule has 100 valence electrons. The number of hydrogen-bond donors (Lipinski definition) is 1. The fraction of sp³-hybridized carbons (Fsp3) is 0.0714. The van der Waals surface area contributed by atoms with Gasteiger partial charge in [-0.15, -0.1) is 0 Å². The molecule has 4 nitrogen and oxygen atoms in total. The van der Waals surface area contributed by atoms with E-state index in [0.29, 0.717) is 15.5 Å². The molecular formula is C14H9ClN2O2S. The molecule has 1 aliphatic rings. The standard InChI is InChI=1S/C14H9ClN2O2S/c15-9-2-1-3-10-13(9)17(14(20)16-10)8-4-5-11-12(6-8)19-7-18-11/h1-6H,7H2,(H,16,20). The zero-order chi connectivity index (χ0) is 13.7. The predicted molar refractivity (Wildman–Crippen MR) is 79.6 cm³/mol. The Kier molecular flexibility index (Phi) is 2.52. The largest absolute Gasteiger partial charge is 0.454 e. The Labute approximate surface area is 124 Å². The normalized spacial score (nSPS) is 13.1. The second kappa shape index (κ2) is 4.26. The zero-order valence-electron chi connectivity index (χ0n) is 10.2. The van der Waals surface area contributed by atoms with Gasteiger partial charge in [-0.2, -0.15) is 0 Å². The molecule has 3 aromatic rings.